The molecule has 1 N–H and O–H groups in total. The minimum atomic E-state index is -0.522. The fraction of sp³-hybridized carbons (Fsp3) is 0.227. The Morgan fingerprint density at radius 1 is 1.17 bits per heavy atom. The number of nitrogens with zero attached hydrogens (tertiary/aromatic N) is 2. The third kappa shape index (κ3) is 5.07. The summed E-state index contributed by atoms with van der Waals surface area (Å²) in [7, 11) is 0. The number of hydrogen-bond acceptors (Lipinski definition) is 4. The molecule has 1 heterocycles. The van der Waals surface area contributed by atoms with Crippen molar-refractivity contribution in [3.05, 3.63) is 93.4 Å². The molecule has 7 heteroatoms. The summed E-state index contributed by atoms with van der Waals surface area (Å²) in [4.78, 5) is 33.6. The Balaban J connectivity index is 1.71. The Hall–Kier alpha value is -3.48. The first-order valence-corrected chi connectivity index (χ1v) is 9.28. The van der Waals surface area contributed by atoms with Crippen molar-refractivity contribution in [2.45, 2.75) is 27.0 Å². The van der Waals surface area contributed by atoms with Crippen molar-refractivity contribution in [1.29, 1.82) is 0 Å². The van der Waals surface area contributed by atoms with Crippen LogP contribution in [0, 0.1) is 12.7 Å². The van der Waals surface area contributed by atoms with Crippen LogP contribution in [0.25, 0.3) is 0 Å². The third-order valence-electron chi connectivity index (χ3n) is 4.56. The Morgan fingerprint density at radius 2 is 1.90 bits per heavy atom. The first kappa shape index (κ1) is 20.3. The number of halogens is 1. The van der Waals surface area contributed by atoms with E-state index in [0.29, 0.717) is 18.8 Å². The van der Waals surface area contributed by atoms with Gasteiger partial charge in [0.15, 0.2) is 0 Å². The number of nitrogens with one attached hydrogen (secondary N) is 1. The highest BCUT2D eigenvalue weighted by Crippen LogP contribution is 2.13. The molecule has 6 nitrogen and oxygen atoms in total. The SMILES string of the molecule is CCN(Cc1ccccc1C)C(=O)c1cnc(COc2ccc(F)cc2)[nH]c1=O. The van der Waals surface area contributed by atoms with E-state index in [4.69, 9.17) is 4.74 Å². The van der Waals surface area contributed by atoms with Gasteiger partial charge in [-0.3, -0.25) is 9.59 Å². The van der Waals surface area contributed by atoms with Crippen LogP contribution in [0.5, 0.6) is 5.75 Å². The summed E-state index contributed by atoms with van der Waals surface area (Å²) in [6.45, 7) is 4.72. The predicted molar refractivity (Wildman–Crippen MR) is 107 cm³/mol. The summed E-state index contributed by atoms with van der Waals surface area (Å²) in [5.74, 6) is -0.0177. The number of carbonyl (C=O) groups is 1. The minimum absolute atomic E-state index is 0.00392. The van der Waals surface area contributed by atoms with E-state index >= 15 is 0 Å². The van der Waals surface area contributed by atoms with Crippen LogP contribution >= 0.6 is 0 Å². The predicted octanol–water partition coefficient (Wildman–Crippen LogP) is 3.46. The number of amides is 1. The van der Waals surface area contributed by atoms with Crippen molar-refractivity contribution in [2.24, 2.45) is 0 Å². The van der Waals surface area contributed by atoms with Crippen LogP contribution in [0.15, 0.2) is 59.5 Å². The molecule has 3 rings (SSSR count). The van der Waals surface area contributed by atoms with Crippen molar-refractivity contribution < 1.29 is 13.9 Å². The zero-order valence-corrected chi connectivity index (χ0v) is 16.3. The summed E-state index contributed by atoms with van der Waals surface area (Å²) in [6, 6.07) is 13.3. The van der Waals surface area contributed by atoms with E-state index in [-0.39, 0.29) is 29.7 Å². The standard InChI is InChI=1S/C22H22FN3O3/c1-3-26(13-16-7-5-4-6-15(16)2)22(28)19-12-24-20(25-21(19)27)14-29-18-10-8-17(23)9-11-18/h4-12H,3,13-14H2,1-2H3,(H,24,25,27). The second-order valence-electron chi connectivity index (χ2n) is 6.56. The topological polar surface area (TPSA) is 75.3 Å². The second kappa shape index (κ2) is 9.14. The zero-order valence-electron chi connectivity index (χ0n) is 16.3. The fourth-order valence-corrected chi connectivity index (χ4v) is 2.83. The van der Waals surface area contributed by atoms with Crippen molar-refractivity contribution in [3.63, 3.8) is 0 Å². The highest BCUT2D eigenvalue weighted by atomic mass is 19.1. The van der Waals surface area contributed by atoms with E-state index in [9.17, 15) is 14.0 Å². The normalized spacial score (nSPS) is 10.6. The Kier molecular flexibility index (Phi) is 6.39. The van der Waals surface area contributed by atoms with E-state index in [1.54, 1.807) is 4.90 Å². The maximum absolute atomic E-state index is 12.9. The first-order chi connectivity index (χ1) is 14.0. The summed E-state index contributed by atoms with van der Waals surface area (Å²) in [5, 5.41) is 0. The quantitative estimate of drug-likeness (QED) is 0.665. The smallest absolute Gasteiger partial charge is 0.263 e. The average Bonchev–Trinajstić information content (AvgIpc) is 2.72. The maximum Gasteiger partial charge on any atom is 0.263 e. The molecule has 0 saturated heterocycles. The highest BCUT2D eigenvalue weighted by Gasteiger charge is 2.19. The number of ether oxygens (including phenoxy) is 1. The molecule has 1 amide bonds. The van der Waals surface area contributed by atoms with Gasteiger partial charge in [-0.05, 0) is 49.2 Å². The van der Waals surface area contributed by atoms with Gasteiger partial charge in [-0.25, -0.2) is 9.37 Å². The minimum Gasteiger partial charge on any atom is -0.486 e. The Morgan fingerprint density at radius 3 is 2.55 bits per heavy atom. The molecule has 0 aliphatic rings. The number of rotatable bonds is 7. The third-order valence-corrected chi connectivity index (χ3v) is 4.56. The molecule has 0 saturated carbocycles. The van der Waals surface area contributed by atoms with Crippen LogP contribution in [0.4, 0.5) is 4.39 Å². The van der Waals surface area contributed by atoms with Crippen molar-refractivity contribution in [2.75, 3.05) is 6.54 Å². The largest absolute Gasteiger partial charge is 0.486 e. The molecule has 0 fully saturated rings. The first-order valence-electron chi connectivity index (χ1n) is 9.28. The molecule has 0 aliphatic carbocycles. The molecule has 0 unspecified atom stereocenters. The number of carbonyl (C=O) groups excluding carboxylic acids is 1. The van der Waals surface area contributed by atoms with Crippen LogP contribution in [0.3, 0.4) is 0 Å². The molecule has 29 heavy (non-hydrogen) atoms. The molecule has 0 bridgehead atoms. The maximum atomic E-state index is 12.9. The summed E-state index contributed by atoms with van der Waals surface area (Å²) in [5.41, 5.74) is 1.56. The monoisotopic (exact) mass is 395 g/mol. The van der Waals surface area contributed by atoms with Crippen LogP contribution in [-0.2, 0) is 13.2 Å². The van der Waals surface area contributed by atoms with Crippen LogP contribution in [0.2, 0.25) is 0 Å². The number of benzene rings is 2. The van der Waals surface area contributed by atoms with Gasteiger partial charge in [-0.15, -0.1) is 0 Å². The van der Waals surface area contributed by atoms with Crippen molar-refractivity contribution in [3.8, 4) is 5.75 Å². The average molecular weight is 395 g/mol. The summed E-state index contributed by atoms with van der Waals surface area (Å²) >= 11 is 0. The lowest BCUT2D eigenvalue weighted by Gasteiger charge is -2.21. The lowest BCUT2D eigenvalue weighted by atomic mass is 10.1. The van der Waals surface area contributed by atoms with Gasteiger partial charge < -0.3 is 14.6 Å². The molecule has 2 aromatic carbocycles. The molecule has 3 aromatic rings. The Labute approximate surface area is 168 Å². The Bertz CT molecular complexity index is 1050. The highest BCUT2D eigenvalue weighted by molar-refractivity contribution is 5.93. The molecule has 0 atom stereocenters. The molecule has 0 spiro atoms. The van der Waals surface area contributed by atoms with Gasteiger partial charge in [0.05, 0.1) is 0 Å². The lowest BCUT2D eigenvalue weighted by Crippen LogP contribution is -2.35. The fourth-order valence-electron chi connectivity index (χ4n) is 2.83. The number of aryl methyl sites for hydroxylation is 1. The van der Waals surface area contributed by atoms with Gasteiger partial charge in [0.2, 0.25) is 0 Å². The molecule has 150 valence electrons. The number of aromatic amines is 1. The van der Waals surface area contributed by atoms with E-state index in [2.05, 4.69) is 9.97 Å². The number of hydrogen-bond donors (Lipinski definition) is 1. The van der Waals surface area contributed by atoms with Crippen LogP contribution < -0.4 is 10.3 Å². The molecular weight excluding hydrogens is 373 g/mol. The van der Waals surface area contributed by atoms with Gasteiger partial charge in [0.25, 0.3) is 11.5 Å². The van der Waals surface area contributed by atoms with Gasteiger partial charge in [0, 0.05) is 19.3 Å². The molecule has 1 aromatic heterocycles. The molecule has 0 radical (unpaired) electrons. The van der Waals surface area contributed by atoms with E-state index in [1.165, 1.54) is 30.5 Å². The summed E-state index contributed by atoms with van der Waals surface area (Å²) < 4.78 is 18.4. The zero-order chi connectivity index (χ0) is 20.8. The van der Waals surface area contributed by atoms with E-state index in [1.807, 2.05) is 38.1 Å². The summed E-state index contributed by atoms with van der Waals surface area (Å²) in [6.07, 6.45) is 1.27. The van der Waals surface area contributed by atoms with Crippen LogP contribution in [-0.4, -0.2) is 27.3 Å². The van der Waals surface area contributed by atoms with Gasteiger partial charge >= 0.3 is 0 Å². The number of aromatic nitrogens is 2. The van der Waals surface area contributed by atoms with Gasteiger partial charge in [0.1, 0.15) is 29.6 Å². The lowest BCUT2D eigenvalue weighted by molar-refractivity contribution is 0.0750. The van der Waals surface area contributed by atoms with Crippen LogP contribution in [0.1, 0.15) is 34.2 Å². The van der Waals surface area contributed by atoms with Crippen molar-refractivity contribution >= 4 is 5.91 Å². The van der Waals surface area contributed by atoms with E-state index < -0.39 is 5.56 Å². The molecular formula is C22H22FN3O3. The van der Waals surface area contributed by atoms with Gasteiger partial charge in [-0.1, -0.05) is 24.3 Å². The van der Waals surface area contributed by atoms with E-state index in [0.717, 1.165) is 11.1 Å². The second-order valence-corrected chi connectivity index (χ2v) is 6.56. The van der Waals surface area contributed by atoms with Crippen molar-refractivity contribution in [1.82, 2.24) is 14.9 Å². The molecule has 0 aliphatic heterocycles. The number of H-pyrrole nitrogens is 1. The van der Waals surface area contributed by atoms with Gasteiger partial charge in [-0.2, -0.15) is 0 Å².